The fraction of sp³-hybridized carbons (Fsp3) is 0.190. The minimum Gasteiger partial charge on any atom is -0.490 e. The number of aromatic nitrogens is 2. The third-order valence-electron chi connectivity index (χ3n) is 4.44. The Morgan fingerprint density at radius 3 is 2.87 bits per heavy atom. The van der Waals surface area contributed by atoms with Gasteiger partial charge < -0.3 is 14.6 Å². The Kier molecular flexibility index (Phi) is 5.48. The molecule has 0 spiro atoms. The van der Waals surface area contributed by atoms with Gasteiger partial charge in [0.05, 0.1) is 26.6 Å². The lowest BCUT2D eigenvalue weighted by molar-refractivity contribution is -0.139. The largest absolute Gasteiger partial charge is 0.490 e. The molecule has 0 aliphatic rings. The summed E-state index contributed by atoms with van der Waals surface area (Å²) in [4.78, 5) is 29.1. The zero-order valence-corrected chi connectivity index (χ0v) is 18.5. The second-order valence-corrected chi connectivity index (χ2v) is 8.40. The summed E-state index contributed by atoms with van der Waals surface area (Å²) in [5.74, 6) is -0.379. The van der Waals surface area contributed by atoms with Gasteiger partial charge >= 0.3 is 5.97 Å². The lowest BCUT2D eigenvalue weighted by atomic mass is 10.2. The highest BCUT2D eigenvalue weighted by atomic mass is 79.9. The van der Waals surface area contributed by atoms with E-state index < -0.39 is 12.6 Å². The van der Waals surface area contributed by atoms with Crippen LogP contribution in [0, 0.1) is 6.92 Å². The third kappa shape index (κ3) is 3.66. The van der Waals surface area contributed by atoms with Crippen LogP contribution in [-0.2, 0) is 4.79 Å². The summed E-state index contributed by atoms with van der Waals surface area (Å²) in [6.07, 6.45) is 1.76. The molecule has 154 valence electrons. The van der Waals surface area contributed by atoms with E-state index in [2.05, 4.69) is 20.9 Å². The monoisotopic (exact) mass is 488 g/mol. The Labute approximate surface area is 183 Å². The Bertz CT molecular complexity index is 1390. The molecule has 0 bridgehead atoms. The van der Waals surface area contributed by atoms with Crippen molar-refractivity contribution in [2.24, 2.45) is 0 Å². The minimum atomic E-state index is -1.08. The molecule has 0 saturated carbocycles. The SMILES string of the molecule is CCOc1cc(C=c2sc3nc4c(C)cccc4n3c2=O)cc(Br)c1OCC(=O)O. The number of aliphatic carboxylic acids is 1. The van der Waals surface area contributed by atoms with Crippen molar-refractivity contribution in [3.63, 3.8) is 0 Å². The quantitative estimate of drug-likeness (QED) is 0.447. The number of aryl methyl sites for hydroxylation is 1. The molecule has 0 aliphatic carbocycles. The van der Waals surface area contributed by atoms with Crippen LogP contribution in [0.4, 0.5) is 0 Å². The molecule has 4 rings (SSSR count). The zero-order chi connectivity index (χ0) is 21.4. The third-order valence-corrected chi connectivity index (χ3v) is 6.00. The first-order chi connectivity index (χ1) is 14.4. The van der Waals surface area contributed by atoms with Gasteiger partial charge in [-0.2, -0.15) is 0 Å². The summed E-state index contributed by atoms with van der Waals surface area (Å²) < 4.78 is 13.7. The highest BCUT2D eigenvalue weighted by Gasteiger charge is 2.15. The fourth-order valence-electron chi connectivity index (χ4n) is 3.19. The number of rotatable bonds is 6. The van der Waals surface area contributed by atoms with Crippen LogP contribution < -0.4 is 19.6 Å². The summed E-state index contributed by atoms with van der Waals surface area (Å²) in [6.45, 7) is 3.69. The molecule has 7 nitrogen and oxygen atoms in total. The van der Waals surface area contributed by atoms with E-state index in [0.717, 1.165) is 22.2 Å². The van der Waals surface area contributed by atoms with Gasteiger partial charge in [0.1, 0.15) is 0 Å². The number of hydrogen-bond acceptors (Lipinski definition) is 6. The zero-order valence-electron chi connectivity index (χ0n) is 16.1. The molecule has 0 atom stereocenters. The average Bonchev–Trinajstić information content (AvgIpc) is 3.19. The fourth-order valence-corrected chi connectivity index (χ4v) is 4.74. The van der Waals surface area contributed by atoms with Gasteiger partial charge in [-0.25, -0.2) is 14.2 Å². The van der Waals surface area contributed by atoms with E-state index in [-0.39, 0.29) is 5.56 Å². The number of nitrogens with zero attached hydrogens (tertiary/aromatic N) is 2. The van der Waals surface area contributed by atoms with E-state index in [9.17, 15) is 9.59 Å². The van der Waals surface area contributed by atoms with Crippen LogP contribution in [0.25, 0.3) is 22.1 Å². The van der Waals surface area contributed by atoms with E-state index >= 15 is 0 Å². The molecule has 0 unspecified atom stereocenters. The minimum absolute atomic E-state index is 0.136. The predicted octanol–water partition coefficient (Wildman–Crippen LogP) is 3.39. The number of benzene rings is 2. The molecule has 0 aliphatic heterocycles. The van der Waals surface area contributed by atoms with E-state index in [0.29, 0.717) is 32.1 Å². The number of halogens is 1. The molecular weight excluding hydrogens is 472 g/mol. The molecule has 9 heteroatoms. The number of ether oxygens (including phenoxy) is 2. The molecule has 0 amide bonds. The van der Waals surface area contributed by atoms with Crippen molar-refractivity contribution in [1.29, 1.82) is 0 Å². The second-order valence-electron chi connectivity index (χ2n) is 6.53. The molecule has 0 radical (unpaired) electrons. The van der Waals surface area contributed by atoms with Crippen molar-refractivity contribution < 1.29 is 19.4 Å². The van der Waals surface area contributed by atoms with Gasteiger partial charge in [0.25, 0.3) is 5.56 Å². The van der Waals surface area contributed by atoms with Gasteiger partial charge in [0.2, 0.25) is 0 Å². The van der Waals surface area contributed by atoms with E-state index in [4.69, 9.17) is 14.6 Å². The van der Waals surface area contributed by atoms with Crippen LogP contribution in [-0.4, -0.2) is 33.7 Å². The molecule has 0 saturated heterocycles. The summed E-state index contributed by atoms with van der Waals surface area (Å²) in [6, 6.07) is 9.24. The van der Waals surface area contributed by atoms with Gasteiger partial charge in [-0.1, -0.05) is 23.5 Å². The summed E-state index contributed by atoms with van der Waals surface area (Å²) in [7, 11) is 0. The van der Waals surface area contributed by atoms with Crippen molar-refractivity contribution >= 4 is 55.3 Å². The Morgan fingerprint density at radius 1 is 1.33 bits per heavy atom. The Hall–Kier alpha value is -2.91. The number of fused-ring (bicyclic) bond motifs is 3. The molecule has 2 heterocycles. The average molecular weight is 489 g/mol. The smallest absolute Gasteiger partial charge is 0.341 e. The van der Waals surface area contributed by atoms with Gasteiger partial charge in [-0.3, -0.25) is 4.79 Å². The first-order valence-electron chi connectivity index (χ1n) is 9.12. The number of imidazole rings is 1. The van der Waals surface area contributed by atoms with Crippen LogP contribution in [0.5, 0.6) is 11.5 Å². The van der Waals surface area contributed by atoms with Crippen molar-refractivity contribution in [2.45, 2.75) is 13.8 Å². The molecular formula is C21H17BrN2O5S. The summed E-state index contributed by atoms with van der Waals surface area (Å²) >= 11 is 4.72. The van der Waals surface area contributed by atoms with Crippen molar-refractivity contribution in [3.05, 3.63) is 60.8 Å². The highest BCUT2D eigenvalue weighted by Crippen LogP contribution is 2.37. The number of thiazole rings is 1. The maximum atomic E-state index is 13.0. The highest BCUT2D eigenvalue weighted by molar-refractivity contribution is 9.10. The van der Waals surface area contributed by atoms with E-state index in [1.165, 1.54) is 11.3 Å². The van der Waals surface area contributed by atoms with Gasteiger partial charge in [0.15, 0.2) is 23.1 Å². The standard InChI is InChI=1S/C21H17BrN2O5S/c1-3-28-15-8-12(7-13(22)19(15)29-10-17(25)26)9-16-20(27)24-14-6-4-5-11(2)18(14)23-21(24)30-16/h4-9H,3,10H2,1-2H3,(H,25,26). The number of carboxylic acids is 1. The topological polar surface area (TPSA) is 90.1 Å². The molecule has 30 heavy (non-hydrogen) atoms. The van der Waals surface area contributed by atoms with Gasteiger partial charge in [-0.05, 0) is 65.2 Å². The first-order valence-corrected chi connectivity index (χ1v) is 10.7. The normalized spacial score (nSPS) is 12.0. The maximum Gasteiger partial charge on any atom is 0.341 e. The number of carbonyl (C=O) groups is 1. The van der Waals surface area contributed by atoms with Crippen LogP contribution in [0.3, 0.4) is 0 Å². The maximum absolute atomic E-state index is 13.0. The molecule has 2 aromatic heterocycles. The van der Waals surface area contributed by atoms with Gasteiger partial charge in [0, 0.05) is 0 Å². The van der Waals surface area contributed by atoms with Crippen molar-refractivity contribution in [3.8, 4) is 11.5 Å². The lowest BCUT2D eigenvalue weighted by Crippen LogP contribution is -2.22. The molecule has 0 fully saturated rings. The van der Waals surface area contributed by atoms with Crippen molar-refractivity contribution in [1.82, 2.24) is 9.38 Å². The van der Waals surface area contributed by atoms with Crippen LogP contribution in [0.15, 0.2) is 39.6 Å². The number of hydrogen-bond donors (Lipinski definition) is 1. The first kappa shape index (κ1) is 20.4. The summed E-state index contributed by atoms with van der Waals surface area (Å²) in [5, 5.41) is 8.88. The van der Waals surface area contributed by atoms with Crippen LogP contribution >= 0.6 is 27.3 Å². The Morgan fingerprint density at radius 2 is 2.13 bits per heavy atom. The molecule has 2 aromatic carbocycles. The Balaban J connectivity index is 1.84. The van der Waals surface area contributed by atoms with Crippen LogP contribution in [0.1, 0.15) is 18.1 Å². The summed E-state index contributed by atoms with van der Waals surface area (Å²) in [5.41, 5.74) is 3.22. The number of carboxylic acid groups (broad SMARTS) is 1. The van der Waals surface area contributed by atoms with Crippen molar-refractivity contribution in [2.75, 3.05) is 13.2 Å². The lowest BCUT2D eigenvalue weighted by Gasteiger charge is -2.13. The second kappa shape index (κ2) is 8.08. The molecule has 1 N–H and O–H groups in total. The van der Waals surface area contributed by atoms with E-state index in [1.54, 1.807) is 22.6 Å². The van der Waals surface area contributed by atoms with Gasteiger partial charge in [-0.15, -0.1) is 0 Å². The van der Waals surface area contributed by atoms with Crippen LogP contribution in [0.2, 0.25) is 0 Å². The number of para-hydroxylation sites is 1. The predicted molar refractivity (Wildman–Crippen MR) is 119 cm³/mol. The van der Waals surface area contributed by atoms with E-state index in [1.807, 2.05) is 32.0 Å². The molecule has 4 aromatic rings.